The zero-order valence-electron chi connectivity index (χ0n) is 15.6. The molecular formula is C22H25Cl2Zr-. The summed E-state index contributed by atoms with van der Waals surface area (Å²) < 4.78 is 0. The van der Waals surface area contributed by atoms with E-state index in [2.05, 4.69) is 77.1 Å². The predicted octanol–water partition coefficient (Wildman–Crippen LogP) is 7.73. The fraction of sp³-hybridized carbons (Fsp3) is 0.318. The van der Waals surface area contributed by atoms with Gasteiger partial charge in [-0.1, -0.05) is 54.3 Å². The number of fused-ring (bicyclic) bond motifs is 1. The van der Waals surface area contributed by atoms with E-state index < -0.39 is 20.8 Å². The Bertz CT molecular complexity index is 826. The summed E-state index contributed by atoms with van der Waals surface area (Å²) in [4.78, 5) is 0. The van der Waals surface area contributed by atoms with Crippen molar-refractivity contribution in [3.8, 4) is 11.1 Å². The molecule has 132 valence electrons. The van der Waals surface area contributed by atoms with Gasteiger partial charge in [0, 0.05) is 0 Å². The summed E-state index contributed by atoms with van der Waals surface area (Å²) in [6.45, 7) is 11.2. The third kappa shape index (κ3) is 5.49. The molecule has 0 saturated heterocycles. The third-order valence-electron chi connectivity index (χ3n) is 4.31. The average molecular weight is 452 g/mol. The molecule has 0 spiro atoms. The van der Waals surface area contributed by atoms with Gasteiger partial charge in [0.05, 0.1) is 0 Å². The molecule has 0 unspecified atom stereocenters. The summed E-state index contributed by atoms with van der Waals surface area (Å²) in [6.07, 6.45) is 1.15. The minimum absolute atomic E-state index is 0.697. The molecule has 0 aromatic heterocycles. The Kier molecular flexibility index (Phi) is 7.87. The molecule has 0 aliphatic heterocycles. The second kappa shape index (κ2) is 9.45. The molecule has 0 nitrogen and oxygen atoms in total. The Hall–Kier alpha value is -0.487. The first-order valence-corrected chi connectivity index (χ1v) is 14.9. The molecule has 0 fully saturated rings. The van der Waals surface area contributed by atoms with Crippen LogP contribution in [0.3, 0.4) is 0 Å². The van der Waals surface area contributed by atoms with Gasteiger partial charge in [-0.3, -0.25) is 0 Å². The van der Waals surface area contributed by atoms with E-state index in [0.717, 1.165) is 6.42 Å². The van der Waals surface area contributed by atoms with E-state index in [0.29, 0.717) is 5.92 Å². The molecule has 25 heavy (non-hydrogen) atoms. The van der Waals surface area contributed by atoms with Crippen molar-refractivity contribution in [2.24, 2.45) is 5.92 Å². The molecule has 3 aromatic carbocycles. The van der Waals surface area contributed by atoms with Crippen LogP contribution in [0.5, 0.6) is 0 Å². The van der Waals surface area contributed by atoms with Crippen LogP contribution in [0.1, 0.15) is 36.1 Å². The van der Waals surface area contributed by atoms with Gasteiger partial charge in [-0.15, -0.1) is 34.5 Å². The summed E-state index contributed by atoms with van der Waals surface area (Å²) in [6, 6.07) is 16.1. The Morgan fingerprint density at radius 3 is 2.12 bits per heavy atom. The van der Waals surface area contributed by atoms with Crippen LogP contribution in [0.25, 0.3) is 21.9 Å². The van der Waals surface area contributed by atoms with Gasteiger partial charge in [0.25, 0.3) is 0 Å². The van der Waals surface area contributed by atoms with Crippen LogP contribution in [0.15, 0.2) is 42.5 Å². The number of rotatable bonds is 3. The molecule has 0 atom stereocenters. The molecule has 3 aromatic rings. The van der Waals surface area contributed by atoms with Crippen LogP contribution in [0.2, 0.25) is 0 Å². The monoisotopic (exact) mass is 449 g/mol. The van der Waals surface area contributed by atoms with Crippen molar-refractivity contribution in [1.29, 1.82) is 0 Å². The van der Waals surface area contributed by atoms with E-state index >= 15 is 0 Å². The number of benzene rings is 2. The maximum atomic E-state index is 4.93. The van der Waals surface area contributed by atoms with Crippen LogP contribution < -0.4 is 0 Å². The second-order valence-corrected chi connectivity index (χ2v) is 10.9. The van der Waals surface area contributed by atoms with Crippen molar-refractivity contribution in [2.45, 2.75) is 41.0 Å². The Morgan fingerprint density at radius 1 is 0.960 bits per heavy atom. The quantitative estimate of drug-likeness (QED) is 0.358. The first kappa shape index (κ1) is 20.8. The van der Waals surface area contributed by atoms with Crippen molar-refractivity contribution < 1.29 is 20.8 Å². The molecule has 3 rings (SSSR count). The van der Waals surface area contributed by atoms with Gasteiger partial charge in [-0.05, 0) is 38.7 Å². The van der Waals surface area contributed by atoms with Crippen LogP contribution >= 0.6 is 17.0 Å². The van der Waals surface area contributed by atoms with Gasteiger partial charge < -0.3 is 0 Å². The Balaban J connectivity index is 0.000000701. The normalized spacial score (nSPS) is 10.7. The summed E-state index contributed by atoms with van der Waals surface area (Å²) in [5.74, 6) is 0.697. The molecule has 0 heterocycles. The van der Waals surface area contributed by atoms with Crippen molar-refractivity contribution in [3.05, 3.63) is 64.7 Å². The number of hydrogen-bond acceptors (Lipinski definition) is 0. The van der Waals surface area contributed by atoms with E-state index in [1.165, 1.54) is 44.2 Å². The summed E-state index contributed by atoms with van der Waals surface area (Å²) >= 11 is -0.826. The van der Waals surface area contributed by atoms with Crippen LogP contribution in [-0.2, 0) is 27.3 Å². The van der Waals surface area contributed by atoms with E-state index in [1.54, 1.807) is 0 Å². The van der Waals surface area contributed by atoms with Gasteiger partial charge in [0.1, 0.15) is 0 Å². The van der Waals surface area contributed by atoms with Crippen molar-refractivity contribution in [2.75, 3.05) is 0 Å². The number of hydrogen-bond donors (Lipinski definition) is 0. The van der Waals surface area contributed by atoms with Crippen LogP contribution in [0, 0.1) is 26.7 Å². The summed E-state index contributed by atoms with van der Waals surface area (Å²) in [5.41, 5.74) is 8.24. The molecule has 0 amide bonds. The van der Waals surface area contributed by atoms with E-state index in [-0.39, 0.29) is 0 Å². The standard InChI is InChI=1S/C22H25.2ClH.Zr/c1-14(2)8-18-12-19-7-6-17(5)22(21(19)13-18)20-10-15(3)9-16(4)11-20;;;/h6-7,9-14H,8H2,1-5H3;2*1H;/q-1;;;+2/p-2. The van der Waals surface area contributed by atoms with Crippen LogP contribution in [-0.4, -0.2) is 0 Å². The Labute approximate surface area is 170 Å². The first-order chi connectivity index (χ1) is 11.8. The number of halogens is 2. The predicted molar refractivity (Wildman–Crippen MR) is 109 cm³/mol. The SMILES string of the molecule is Cc1cc(C)cc(-c2c(C)ccc3[cH-]c(CC(C)C)cc23)c1.[Cl][Zr][Cl]. The van der Waals surface area contributed by atoms with Crippen molar-refractivity contribution in [1.82, 2.24) is 0 Å². The van der Waals surface area contributed by atoms with Gasteiger partial charge in [-0.25, -0.2) is 0 Å². The third-order valence-corrected chi connectivity index (χ3v) is 4.31. The van der Waals surface area contributed by atoms with E-state index in [9.17, 15) is 0 Å². The second-order valence-electron chi connectivity index (χ2n) is 7.17. The maximum absolute atomic E-state index is 4.93. The molecule has 3 heteroatoms. The minimum atomic E-state index is -0.826. The van der Waals surface area contributed by atoms with Crippen molar-refractivity contribution in [3.63, 3.8) is 0 Å². The topological polar surface area (TPSA) is 0 Å². The number of aryl methyl sites for hydroxylation is 3. The van der Waals surface area contributed by atoms with Gasteiger partial charge in [0.2, 0.25) is 0 Å². The van der Waals surface area contributed by atoms with E-state index in [4.69, 9.17) is 17.0 Å². The van der Waals surface area contributed by atoms with Gasteiger partial charge >= 0.3 is 37.9 Å². The molecule has 0 N–H and O–H groups in total. The fourth-order valence-electron chi connectivity index (χ4n) is 3.54. The molecule has 0 aliphatic carbocycles. The molecule has 0 aliphatic rings. The van der Waals surface area contributed by atoms with Crippen LogP contribution in [0.4, 0.5) is 0 Å². The Morgan fingerprint density at radius 2 is 1.56 bits per heavy atom. The van der Waals surface area contributed by atoms with Gasteiger partial charge in [0.15, 0.2) is 0 Å². The molecule has 0 radical (unpaired) electrons. The average Bonchev–Trinajstić information content (AvgIpc) is 2.88. The molecular weight excluding hydrogens is 426 g/mol. The first-order valence-electron chi connectivity index (χ1n) is 8.59. The summed E-state index contributed by atoms with van der Waals surface area (Å²) in [7, 11) is 9.87. The van der Waals surface area contributed by atoms with Gasteiger partial charge in [-0.2, -0.15) is 6.07 Å². The zero-order valence-corrected chi connectivity index (χ0v) is 19.6. The molecule has 0 bridgehead atoms. The zero-order chi connectivity index (χ0) is 18.6. The van der Waals surface area contributed by atoms with E-state index in [1.807, 2.05) is 0 Å². The fourth-order valence-corrected chi connectivity index (χ4v) is 3.54. The van der Waals surface area contributed by atoms with Crippen molar-refractivity contribution >= 4 is 27.8 Å². The summed E-state index contributed by atoms with van der Waals surface area (Å²) in [5, 5.41) is 2.77. The molecule has 0 saturated carbocycles.